The number of carbonyl (C=O) groups is 2. The number of rotatable bonds is 6. The van der Waals surface area contributed by atoms with Gasteiger partial charge < -0.3 is 10.4 Å². The Morgan fingerprint density at radius 2 is 2.07 bits per heavy atom. The lowest BCUT2D eigenvalue weighted by Crippen LogP contribution is -2.34. The van der Waals surface area contributed by atoms with Crippen molar-refractivity contribution in [3.8, 4) is 5.69 Å². The van der Waals surface area contributed by atoms with Gasteiger partial charge in [0.2, 0.25) is 0 Å². The normalized spacial score (nSPS) is 15.4. The largest absolute Gasteiger partial charge is 0.481 e. The highest BCUT2D eigenvalue weighted by Crippen LogP contribution is 2.42. The first-order valence-corrected chi connectivity index (χ1v) is 8.45. The molecular formula is C18H18F3N3O3. The summed E-state index contributed by atoms with van der Waals surface area (Å²) in [5.41, 5.74) is 0.240. The average molecular weight is 381 g/mol. The van der Waals surface area contributed by atoms with E-state index in [1.165, 1.54) is 23.0 Å². The molecule has 1 fully saturated rings. The molecule has 0 bridgehead atoms. The Balaban J connectivity index is 1.93. The number of amides is 1. The number of hydrogen-bond donors (Lipinski definition) is 2. The van der Waals surface area contributed by atoms with Crippen LogP contribution < -0.4 is 5.32 Å². The van der Waals surface area contributed by atoms with Gasteiger partial charge in [-0.05, 0) is 38.0 Å². The van der Waals surface area contributed by atoms with Crippen molar-refractivity contribution in [1.29, 1.82) is 0 Å². The molecule has 2 aromatic rings. The zero-order valence-corrected chi connectivity index (χ0v) is 14.5. The van der Waals surface area contributed by atoms with Crippen molar-refractivity contribution in [3.05, 3.63) is 47.3 Å². The molecule has 1 aromatic carbocycles. The van der Waals surface area contributed by atoms with Crippen molar-refractivity contribution in [2.45, 2.75) is 44.3 Å². The second-order valence-electron chi connectivity index (χ2n) is 6.65. The summed E-state index contributed by atoms with van der Waals surface area (Å²) in [5, 5.41) is 15.5. The van der Waals surface area contributed by atoms with E-state index < -0.39 is 29.7 Å². The minimum Gasteiger partial charge on any atom is -0.481 e. The second kappa shape index (κ2) is 7.05. The Morgan fingerprint density at radius 1 is 1.37 bits per heavy atom. The Morgan fingerprint density at radius 3 is 2.67 bits per heavy atom. The number of carbonyl (C=O) groups excluding carboxylic acids is 1. The van der Waals surface area contributed by atoms with Gasteiger partial charge in [0.25, 0.3) is 5.91 Å². The van der Waals surface area contributed by atoms with Crippen LogP contribution in [0.15, 0.2) is 30.5 Å². The van der Waals surface area contributed by atoms with Crippen LogP contribution in [0.2, 0.25) is 0 Å². The van der Waals surface area contributed by atoms with Crippen molar-refractivity contribution >= 4 is 11.9 Å². The van der Waals surface area contributed by atoms with Crippen LogP contribution in [-0.2, 0) is 11.0 Å². The number of carboxylic acid groups (broad SMARTS) is 1. The van der Waals surface area contributed by atoms with E-state index in [2.05, 4.69) is 10.4 Å². The van der Waals surface area contributed by atoms with Crippen molar-refractivity contribution in [2.24, 2.45) is 0 Å². The third kappa shape index (κ3) is 4.29. The molecule has 1 heterocycles. The van der Waals surface area contributed by atoms with Gasteiger partial charge in [-0.2, -0.15) is 18.3 Å². The highest BCUT2D eigenvalue weighted by Gasteiger charge is 2.34. The van der Waals surface area contributed by atoms with Gasteiger partial charge in [-0.1, -0.05) is 6.07 Å². The fourth-order valence-corrected chi connectivity index (χ4v) is 2.92. The number of nitrogens with one attached hydrogen (secondary N) is 1. The molecule has 144 valence electrons. The summed E-state index contributed by atoms with van der Waals surface area (Å²) in [6, 6.07) is 4.19. The maximum atomic E-state index is 13.0. The van der Waals surface area contributed by atoms with Crippen molar-refractivity contribution in [2.75, 3.05) is 0 Å². The smallest absolute Gasteiger partial charge is 0.416 e. The lowest BCUT2D eigenvalue weighted by atomic mass is 10.1. The summed E-state index contributed by atoms with van der Waals surface area (Å²) in [4.78, 5) is 23.3. The number of aliphatic carboxylic acids is 1. The molecule has 3 rings (SSSR count). The van der Waals surface area contributed by atoms with Crippen LogP contribution in [0.5, 0.6) is 0 Å². The Kier molecular flexibility index (Phi) is 4.95. The Bertz CT molecular complexity index is 872. The molecule has 0 radical (unpaired) electrons. The highest BCUT2D eigenvalue weighted by atomic mass is 19.4. The molecule has 0 spiro atoms. The molecular weight excluding hydrogens is 363 g/mol. The van der Waals surface area contributed by atoms with Gasteiger partial charge in [-0.25, -0.2) is 4.68 Å². The number of alkyl halides is 3. The minimum absolute atomic E-state index is 0.0394. The predicted octanol–water partition coefficient (Wildman–Crippen LogP) is 3.36. The van der Waals surface area contributed by atoms with Crippen LogP contribution in [-0.4, -0.2) is 32.8 Å². The molecule has 6 nitrogen and oxygen atoms in total. The van der Waals surface area contributed by atoms with Gasteiger partial charge in [-0.3, -0.25) is 9.59 Å². The summed E-state index contributed by atoms with van der Waals surface area (Å²) in [5.74, 6) is -1.48. The van der Waals surface area contributed by atoms with Gasteiger partial charge in [0.05, 0.1) is 35.1 Å². The van der Waals surface area contributed by atoms with Crippen LogP contribution in [0.3, 0.4) is 0 Å². The first-order valence-electron chi connectivity index (χ1n) is 8.45. The third-order valence-electron chi connectivity index (χ3n) is 4.29. The van der Waals surface area contributed by atoms with E-state index in [-0.39, 0.29) is 23.6 Å². The molecule has 1 amide bonds. The number of halogens is 3. The van der Waals surface area contributed by atoms with E-state index in [1.54, 1.807) is 6.92 Å². The molecule has 0 saturated heterocycles. The molecule has 2 N–H and O–H groups in total. The standard InChI is InChI=1S/C18H18F3N3O3/c1-10(7-15(25)26)23-17(27)14-9-22-24(16(14)11-5-6-11)13-4-2-3-12(8-13)18(19,20)21/h2-4,8-11H,5-7H2,1H3,(H,23,27)(H,25,26). The molecule has 1 saturated carbocycles. The molecule has 0 aliphatic heterocycles. The van der Waals surface area contributed by atoms with Gasteiger partial charge in [-0.15, -0.1) is 0 Å². The van der Waals surface area contributed by atoms with Crippen LogP contribution in [0, 0.1) is 0 Å². The van der Waals surface area contributed by atoms with Gasteiger partial charge in [0, 0.05) is 12.0 Å². The van der Waals surface area contributed by atoms with Crippen LogP contribution in [0.25, 0.3) is 5.69 Å². The fraction of sp³-hybridized carbons (Fsp3) is 0.389. The molecule has 1 aliphatic rings. The topological polar surface area (TPSA) is 84.2 Å². The molecule has 1 aromatic heterocycles. The van der Waals surface area contributed by atoms with E-state index in [9.17, 15) is 22.8 Å². The maximum absolute atomic E-state index is 13.0. The van der Waals surface area contributed by atoms with E-state index in [4.69, 9.17) is 5.11 Å². The van der Waals surface area contributed by atoms with Crippen molar-refractivity contribution in [3.63, 3.8) is 0 Å². The van der Waals surface area contributed by atoms with Crippen LogP contribution in [0.1, 0.15) is 53.7 Å². The SMILES string of the molecule is CC(CC(=O)O)NC(=O)c1cnn(-c2cccc(C(F)(F)F)c2)c1C1CC1. The lowest BCUT2D eigenvalue weighted by Gasteiger charge is -2.14. The molecule has 9 heteroatoms. The van der Waals surface area contributed by atoms with E-state index >= 15 is 0 Å². The number of aromatic nitrogens is 2. The molecule has 1 unspecified atom stereocenters. The average Bonchev–Trinajstić information content (AvgIpc) is 3.31. The molecule has 27 heavy (non-hydrogen) atoms. The summed E-state index contributed by atoms with van der Waals surface area (Å²) in [7, 11) is 0. The summed E-state index contributed by atoms with van der Waals surface area (Å²) in [6.07, 6.45) is -1.76. The van der Waals surface area contributed by atoms with Gasteiger partial charge >= 0.3 is 12.1 Å². The monoisotopic (exact) mass is 381 g/mol. The van der Waals surface area contributed by atoms with E-state index in [1.807, 2.05) is 0 Å². The van der Waals surface area contributed by atoms with E-state index in [0.717, 1.165) is 25.0 Å². The summed E-state index contributed by atoms with van der Waals surface area (Å²) >= 11 is 0. The number of hydrogen-bond acceptors (Lipinski definition) is 3. The summed E-state index contributed by atoms with van der Waals surface area (Å²) < 4.78 is 40.3. The first-order chi connectivity index (χ1) is 12.7. The van der Waals surface area contributed by atoms with E-state index in [0.29, 0.717) is 5.69 Å². The predicted molar refractivity (Wildman–Crippen MR) is 89.7 cm³/mol. The first kappa shape index (κ1) is 18.9. The van der Waals surface area contributed by atoms with Crippen molar-refractivity contribution in [1.82, 2.24) is 15.1 Å². The van der Waals surface area contributed by atoms with Gasteiger partial charge in [0.1, 0.15) is 0 Å². The second-order valence-corrected chi connectivity index (χ2v) is 6.65. The quantitative estimate of drug-likeness (QED) is 0.804. The molecule has 1 aliphatic carbocycles. The van der Waals surface area contributed by atoms with Gasteiger partial charge in [0.15, 0.2) is 0 Å². The minimum atomic E-state index is -4.48. The zero-order valence-electron chi connectivity index (χ0n) is 14.5. The van der Waals surface area contributed by atoms with Crippen LogP contribution in [0.4, 0.5) is 13.2 Å². The Hall–Kier alpha value is -2.84. The Labute approximate surface area is 153 Å². The number of carboxylic acids is 1. The third-order valence-corrected chi connectivity index (χ3v) is 4.29. The maximum Gasteiger partial charge on any atom is 0.416 e. The highest BCUT2D eigenvalue weighted by molar-refractivity contribution is 5.96. The zero-order chi connectivity index (χ0) is 19.8. The van der Waals surface area contributed by atoms with Crippen LogP contribution >= 0.6 is 0 Å². The fourth-order valence-electron chi connectivity index (χ4n) is 2.92. The molecule has 1 atom stereocenters. The number of benzene rings is 1. The number of nitrogens with zero attached hydrogens (tertiary/aromatic N) is 2. The van der Waals surface area contributed by atoms with Crippen molar-refractivity contribution < 1.29 is 27.9 Å². The lowest BCUT2D eigenvalue weighted by molar-refractivity contribution is -0.138. The summed E-state index contributed by atoms with van der Waals surface area (Å²) in [6.45, 7) is 1.57.